The van der Waals surface area contributed by atoms with E-state index in [1.807, 2.05) is 54.7 Å². The zero-order valence-corrected chi connectivity index (χ0v) is 32.2. The fraction of sp³-hybridized carbons (Fsp3) is 0.0204. The maximum atomic E-state index is 6.30. The quantitative estimate of drug-likeness (QED) is 0.162. The zero-order valence-electron chi connectivity index (χ0n) is 29.1. The Morgan fingerprint density at radius 1 is 0.500 bits per heavy atom. The van der Waals surface area contributed by atoms with Crippen LogP contribution in [0.1, 0.15) is 5.56 Å². The predicted molar refractivity (Wildman–Crippen MR) is 218 cm³/mol. The Bertz CT molecular complexity index is 2840. The number of ether oxygens (including phenoxy) is 1. The molecule has 1 aliphatic carbocycles. The van der Waals surface area contributed by atoms with Crippen molar-refractivity contribution in [1.29, 1.82) is 0 Å². The number of benzene rings is 6. The third-order valence-corrected chi connectivity index (χ3v) is 11.4. The summed E-state index contributed by atoms with van der Waals surface area (Å²) in [7, 11) is 0. The van der Waals surface area contributed by atoms with E-state index < -0.39 is 0 Å². The predicted octanol–water partition coefficient (Wildman–Crippen LogP) is 13.4. The summed E-state index contributed by atoms with van der Waals surface area (Å²) in [4.78, 5) is 10.6. The van der Waals surface area contributed by atoms with Gasteiger partial charge >= 0.3 is 21.1 Å². The molecule has 0 atom stereocenters. The zero-order chi connectivity index (χ0) is 35.3. The van der Waals surface area contributed by atoms with Crippen molar-refractivity contribution in [1.82, 2.24) is 9.97 Å². The number of aryl methyl sites for hydroxylation is 1. The molecule has 0 amide bonds. The smallest absolute Gasteiger partial charge is 0.497 e. The van der Waals surface area contributed by atoms with Crippen molar-refractivity contribution < 1.29 is 25.8 Å². The number of rotatable bonds is 5. The molecule has 1 aliphatic rings. The van der Waals surface area contributed by atoms with Crippen LogP contribution in [-0.2, 0) is 21.1 Å². The molecular formula is C49H30N2OPtS. The Morgan fingerprint density at radius 2 is 1.06 bits per heavy atom. The molecule has 0 fully saturated rings. The van der Waals surface area contributed by atoms with Gasteiger partial charge in [0.15, 0.2) is 0 Å². The molecule has 0 saturated heterocycles. The van der Waals surface area contributed by atoms with Gasteiger partial charge in [-0.15, -0.1) is 58.9 Å². The molecule has 9 aromatic rings. The molecule has 3 aromatic heterocycles. The Balaban J connectivity index is 0.00000384. The van der Waals surface area contributed by atoms with Gasteiger partial charge in [0.1, 0.15) is 0 Å². The molecular weight excluding hydrogens is 860 g/mol. The van der Waals surface area contributed by atoms with Crippen molar-refractivity contribution in [3.05, 3.63) is 182 Å². The maximum Gasteiger partial charge on any atom is 2.00 e. The molecule has 0 bridgehead atoms. The molecule has 0 unspecified atom stereocenters. The fourth-order valence-electron chi connectivity index (χ4n) is 7.56. The molecule has 3 nitrogen and oxygen atoms in total. The van der Waals surface area contributed by atoms with Gasteiger partial charge in [-0.1, -0.05) is 109 Å². The molecule has 258 valence electrons. The molecule has 0 spiro atoms. The van der Waals surface area contributed by atoms with Crippen LogP contribution in [0.25, 0.3) is 87.5 Å². The summed E-state index contributed by atoms with van der Waals surface area (Å²) >= 11 is 1.79. The van der Waals surface area contributed by atoms with Crippen LogP contribution in [0.2, 0.25) is 0 Å². The van der Waals surface area contributed by atoms with Crippen LogP contribution in [0, 0.1) is 19.1 Å². The van der Waals surface area contributed by atoms with Gasteiger partial charge in [-0.25, -0.2) is 0 Å². The monoisotopic (exact) mass is 889 g/mol. The second-order valence-electron chi connectivity index (χ2n) is 13.2. The van der Waals surface area contributed by atoms with E-state index in [0.717, 1.165) is 27.2 Å². The first-order valence-electron chi connectivity index (χ1n) is 17.6. The van der Waals surface area contributed by atoms with Crippen LogP contribution in [0.4, 0.5) is 0 Å². The summed E-state index contributed by atoms with van der Waals surface area (Å²) in [5.74, 6) is 1.21. The number of aromatic nitrogens is 2. The second kappa shape index (κ2) is 14.1. The average molecular weight is 890 g/mol. The number of fused-ring (bicyclic) bond motifs is 9. The van der Waals surface area contributed by atoms with E-state index in [9.17, 15) is 0 Å². The molecule has 54 heavy (non-hydrogen) atoms. The summed E-state index contributed by atoms with van der Waals surface area (Å²) in [6.45, 7) is 2.22. The topological polar surface area (TPSA) is 35.0 Å². The molecule has 0 saturated carbocycles. The van der Waals surface area contributed by atoms with E-state index in [0.29, 0.717) is 11.5 Å². The van der Waals surface area contributed by atoms with Crippen LogP contribution in [-0.4, -0.2) is 9.97 Å². The van der Waals surface area contributed by atoms with Gasteiger partial charge in [-0.3, -0.25) is 0 Å². The number of hydrogen-bond acceptors (Lipinski definition) is 4. The van der Waals surface area contributed by atoms with Crippen molar-refractivity contribution in [3.63, 3.8) is 0 Å². The van der Waals surface area contributed by atoms with Crippen molar-refractivity contribution in [3.8, 4) is 89.0 Å². The molecule has 0 aliphatic heterocycles. The van der Waals surface area contributed by atoms with Gasteiger partial charge in [-0.2, -0.15) is 0 Å². The Labute approximate surface area is 332 Å². The first kappa shape index (κ1) is 33.9. The molecule has 5 heteroatoms. The normalized spacial score (nSPS) is 11.3. The minimum absolute atomic E-state index is 0. The standard InChI is InChI=1S/C49H30N2OS.Pt/c1-31-37-25-27-51-47(33-13-11-15-36(29-33)52-35-14-10-12-32(28-35)46-22-8-9-26-50-46)49(37)53-48(31)34-23-24-44-42-20-5-4-18-40(42)38-16-2-3-17-39(38)41-19-6-7-21-43(41)45(44)30-34;/h2-27,30H,1H3;/q-2;+2. The average Bonchev–Trinajstić information content (AvgIpc) is 3.57. The first-order valence-corrected chi connectivity index (χ1v) is 18.5. The number of pyridine rings is 2. The molecule has 3 heterocycles. The fourth-order valence-corrected chi connectivity index (χ4v) is 8.86. The van der Waals surface area contributed by atoms with Gasteiger partial charge in [0.2, 0.25) is 0 Å². The van der Waals surface area contributed by atoms with E-state index in [4.69, 9.17) is 9.72 Å². The third-order valence-electron chi connectivity index (χ3n) is 10.0. The van der Waals surface area contributed by atoms with E-state index in [1.165, 1.54) is 65.9 Å². The van der Waals surface area contributed by atoms with Crippen LogP contribution < -0.4 is 4.74 Å². The number of nitrogens with zero attached hydrogens (tertiary/aromatic N) is 2. The van der Waals surface area contributed by atoms with Crippen molar-refractivity contribution >= 4 is 21.4 Å². The van der Waals surface area contributed by atoms with Crippen molar-refractivity contribution in [2.75, 3.05) is 0 Å². The van der Waals surface area contributed by atoms with Gasteiger partial charge in [-0.05, 0) is 91.8 Å². The van der Waals surface area contributed by atoms with Crippen LogP contribution >= 0.6 is 11.3 Å². The number of thiophene rings is 1. The summed E-state index contributed by atoms with van der Waals surface area (Å²) in [6.07, 6.45) is 3.68. The van der Waals surface area contributed by atoms with E-state index in [2.05, 4.69) is 127 Å². The van der Waals surface area contributed by atoms with E-state index in [1.54, 1.807) is 17.5 Å². The Morgan fingerprint density at radius 3 is 1.67 bits per heavy atom. The van der Waals surface area contributed by atoms with Crippen molar-refractivity contribution in [2.24, 2.45) is 0 Å². The van der Waals surface area contributed by atoms with Crippen LogP contribution in [0.5, 0.6) is 11.5 Å². The maximum absolute atomic E-state index is 6.30. The first-order chi connectivity index (χ1) is 26.2. The summed E-state index contributed by atoms with van der Waals surface area (Å²) in [5, 5.41) is 1.19. The Hall–Kier alpha value is -5.93. The van der Waals surface area contributed by atoms with Gasteiger partial charge in [0.05, 0.1) is 0 Å². The summed E-state index contributed by atoms with van der Waals surface area (Å²) < 4.78 is 7.43. The molecule has 10 rings (SSSR count). The largest absolute Gasteiger partial charge is 2.00 e. The van der Waals surface area contributed by atoms with Crippen LogP contribution in [0.3, 0.4) is 0 Å². The van der Waals surface area contributed by atoms with Crippen LogP contribution in [0.15, 0.2) is 164 Å². The van der Waals surface area contributed by atoms with E-state index >= 15 is 0 Å². The van der Waals surface area contributed by atoms with E-state index in [-0.39, 0.29) is 21.1 Å². The minimum Gasteiger partial charge on any atom is -0.497 e. The molecule has 0 radical (unpaired) electrons. The van der Waals surface area contributed by atoms with Gasteiger partial charge in [0.25, 0.3) is 0 Å². The van der Waals surface area contributed by atoms with Gasteiger partial charge < -0.3 is 14.7 Å². The van der Waals surface area contributed by atoms with Crippen molar-refractivity contribution in [2.45, 2.75) is 6.92 Å². The molecule has 6 aromatic carbocycles. The van der Waals surface area contributed by atoms with Gasteiger partial charge in [0, 0.05) is 39.2 Å². The SMILES string of the molecule is Cc1c(-c2ccc3c(c2)-c2ccccc2-c2ccccc2-c2ccccc2-3)sc2c(-c3[c-]c(Oc4[c-]c(-c5ccccn5)ccc4)ccc3)nccc12.[Pt+2]. The molecule has 0 N–H and O–H groups in total. The number of hydrogen-bond donors (Lipinski definition) is 0. The summed E-state index contributed by atoms with van der Waals surface area (Å²) in [6, 6.07) is 60.0. The minimum atomic E-state index is 0. The third kappa shape index (κ3) is 5.89. The Kier molecular flexibility index (Phi) is 8.87. The summed E-state index contributed by atoms with van der Waals surface area (Å²) in [5.41, 5.74) is 15.9. The second-order valence-corrected chi connectivity index (χ2v) is 14.2.